The van der Waals surface area contributed by atoms with Gasteiger partial charge in [0.15, 0.2) is 0 Å². The first-order valence-electron chi connectivity index (χ1n) is 8.01. The molecule has 21 heavy (non-hydrogen) atoms. The topological polar surface area (TPSA) is 12.0 Å². The van der Waals surface area contributed by atoms with Gasteiger partial charge >= 0.3 is 0 Å². The van der Waals surface area contributed by atoms with E-state index < -0.39 is 0 Å². The first kappa shape index (κ1) is 15.8. The predicted octanol–water partition coefficient (Wildman–Crippen LogP) is 4.84. The molecule has 1 unspecified atom stereocenters. The van der Waals surface area contributed by atoms with Crippen molar-refractivity contribution in [2.75, 3.05) is 6.54 Å². The minimum absolute atomic E-state index is 0.402. The van der Waals surface area contributed by atoms with Gasteiger partial charge in [0.05, 0.1) is 0 Å². The molecule has 1 heteroatoms. The summed E-state index contributed by atoms with van der Waals surface area (Å²) in [5, 5.41) is 3.71. The van der Waals surface area contributed by atoms with E-state index in [0.29, 0.717) is 12.0 Å². The van der Waals surface area contributed by atoms with Gasteiger partial charge in [0.25, 0.3) is 0 Å². The molecule has 0 aliphatic carbocycles. The van der Waals surface area contributed by atoms with Crippen molar-refractivity contribution < 1.29 is 0 Å². The zero-order chi connectivity index (χ0) is 15.1. The number of benzene rings is 2. The second-order valence-electron chi connectivity index (χ2n) is 6.22. The number of rotatable bonds is 7. The molecule has 1 nitrogen and oxygen atoms in total. The van der Waals surface area contributed by atoms with Crippen molar-refractivity contribution in [1.82, 2.24) is 5.32 Å². The lowest BCUT2D eigenvalue weighted by atomic mass is 9.85. The van der Waals surface area contributed by atoms with Gasteiger partial charge < -0.3 is 5.32 Å². The summed E-state index contributed by atoms with van der Waals surface area (Å²) >= 11 is 0. The highest BCUT2D eigenvalue weighted by Gasteiger charge is 2.20. The average molecular weight is 281 g/mol. The molecular formula is C20H27N. The summed E-state index contributed by atoms with van der Waals surface area (Å²) in [5.74, 6) is 1.15. The normalized spacial score (nSPS) is 12.8. The van der Waals surface area contributed by atoms with Gasteiger partial charge in [0.2, 0.25) is 0 Å². The molecule has 0 fully saturated rings. The van der Waals surface area contributed by atoms with E-state index in [1.54, 1.807) is 0 Å². The van der Waals surface area contributed by atoms with Crippen LogP contribution in [0.4, 0.5) is 0 Å². The molecule has 0 saturated carbocycles. The van der Waals surface area contributed by atoms with Crippen LogP contribution in [-0.4, -0.2) is 12.6 Å². The summed E-state index contributed by atoms with van der Waals surface area (Å²) in [4.78, 5) is 0. The Morgan fingerprint density at radius 1 is 0.762 bits per heavy atom. The fourth-order valence-electron chi connectivity index (χ4n) is 2.81. The van der Waals surface area contributed by atoms with Gasteiger partial charge in [0.1, 0.15) is 0 Å². The van der Waals surface area contributed by atoms with E-state index in [-0.39, 0.29) is 0 Å². The third kappa shape index (κ3) is 4.71. The Balaban J connectivity index is 2.16. The summed E-state index contributed by atoms with van der Waals surface area (Å²) in [6.07, 6.45) is 1.22. The van der Waals surface area contributed by atoms with Crippen molar-refractivity contribution >= 4 is 0 Å². The Kier molecular flexibility index (Phi) is 6.01. The van der Waals surface area contributed by atoms with Crippen LogP contribution < -0.4 is 5.32 Å². The minimum Gasteiger partial charge on any atom is -0.313 e. The highest BCUT2D eigenvalue weighted by Crippen LogP contribution is 2.27. The Bertz CT molecular complexity index is 464. The lowest BCUT2D eigenvalue weighted by molar-refractivity contribution is 0.459. The van der Waals surface area contributed by atoms with Crippen LogP contribution in [-0.2, 0) is 0 Å². The number of hydrogen-bond acceptors (Lipinski definition) is 1. The molecule has 2 aromatic carbocycles. The quantitative estimate of drug-likeness (QED) is 0.765. The molecule has 0 radical (unpaired) electrons. The average Bonchev–Trinajstić information content (AvgIpc) is 2.49. The highest BCUT2D eigenvalue weighted by molar-refractivity contribution is 5.34. The van der Waals surface area contributed by atoms with Crippen molar-refractivity contribution in [2.24, 2.45) is 5.92 Å². The van der Waals surface area contributed by atoms with E-state index in [4.69, 9.17) is 0 Å². The zero-order valence-corrected chi connectivity index (χ0v) is 13.4. The van der Waals surface area contributed by atoms with Crippen LogP contribution in [0.1, 0.15) is 44.2 Å². The van der Waals surface area contributed by atoms with Crippen molar-refractivity contribution in [1.29, 1.82) is 0 Å². The van der Waals surface area contributed by atoms with E-state index in [1.165, 1.54) is 17.5 Å². The monoisotopic (exact) mass is 281 g/mol. The molecule has 0 spiro atoms. The lowest BCUT2D eigenvalue weighted by Crippen LogP contribution is -2.34. The summed E-state index contributed by atoms with van der Waals surface area (Å²) < 4.78 is 0. The number of hydrogen-bond donors (Lipinski definition) is 1. The molecule has 0 aliphatic rings. The smallest absolute Gasteiger partial charge is 0.0240 e. The molecule has 0 heterocycles. The van der Waals surface area contributed by atoms with Gasteiger partial charge in [-0.25, -0.2) is 0 Å². The predicted molar refractivity (Wildman–Crippen MR) is 91.6 cm³/mol. The SMILES string of the molecule is CC(C)CCNC(C)C(c1ccccc1)c1ccccc1. The van der Waals surface area contributed by atoms with Gasteiger partial charge in [-0.1, -0.05) is 74.5 Å². The Labute approximate surface area is 129 Å². The molecular weight excluding hydrogens is 254 g/mol. The molecule has 0 aromatic heterocycles. The van der Waals surface area contributed by atoms with Crippen LogP contribution in [0.15, 0.2) is 60.7 Å². The third-order valence-electron chi connectivity index (χ3n) is 4.01. The lowest BCUT2D eigenvalue weighted by Gasteiger charge is -2.26. The molecule has 2 aromatic rings. The second-order valence-corrected chi connectivity index (χ2v) is 6.22. The van der Waals surface area contributed by atoms with Crippen molar-refractivity contribution in [3.8, 4) is 0 Å². The first-order valence-corrected chi connectivity index (χ1v) is 8.01. The highest BCUT2D eigenvalue weighted by atomic mass is 14.9. The maximum absolute atomic E-state index is 3.71. The van der Waals surface area contributed by atoms with Crippen molar-refractivity contribution in [3.05, 3.63) is 71.8 Å². The van der Waals surface area contributed by atoms with E-state index in [9.17, 15) is 0 Å². The third-order valence-corrected chi connectivity index (χ3v) is 4.01. The summed E-state index contributed by atoms with van der Waals surface area (Å²) in [6, 6.07) is 22.1. The molecule has 1 N–H and O–H groups in total. The fourth-order valence-corrected chi connectivity index (χ4v) is 2.81. The summed E-state index contributed by atoms with van der Waals surface area (Å²) in [6.45, 7) is 7.93. The van der Waals surface area contributed by atoms with Gasteiger partial charge in [-0.2, -0.15) is 0 Å². The van der Waals surface area contributed by atoms with Crippen LogP contribution in [0.3, 0.4) is 0 Å². The van der Waals surface area contributed by atoms with E-state index >= 15 is 0 Å². The zero-order valence-electron chi connectivity index (χ0n) is 13.4. The van der Waals surface area contributed by atoms with Crippen LogP contribution in [0.5, 0.6) is 0 Å². The van der Waals surface area contributed by atoms with Crippen molar-refractivity contribution in [3.63, 3.8) is 0 Å². The molecule has 112 valence electrons. The maximum atomic E-state index is 3.71. The molecule has 2 rings (SSSR count). The Morgan fingerprint density at radius 3 is 1.67 bits per heavy atom. The van der Waals surface area contributed by atoms with Gasteiger partial charge in [-0.05, 0) is 36.9 Å². The fraction of sp³-hybridized carbons (Fsp3) is 0.400. The van der Waals surface area contributed by atoms with Gasteiger partial charge in [0, 0.05) is 12.0 Å². The summed E-state index contributed by atoms with van der Waals surface area (Å²) in [7, 11) is 0. The van der Waals surface area contributed by atoms with E-state index in [1.807, 2.05) is 0 Å². The summed E-state index contributed by atoms with van der Waals surface area (Å²) in [5.41, 5.74) is 2.77. The molecule has 1 atom stereocenters. The van der Waals surface area contributed by atoms with E-state index in [0.717, 1.165) is 12.5 Å². The Morgan fingerprint density at radius 2 is 1.24 bits per heavy atom. The Hall–Kier alpha value is -1.60. The molecule has 0 saturated heterocycles. The van der Waals surface area contributed by atoms with Crippen LogP contribution in [0.25, 0.3) is 0 Å². The van der Waals surface area contributed by atoms with Gasteiger partial charge in [-0.15, -0.1) is 0 Å². The van der Waals surface area contributed by atoms with Crippen molar-refractivity contribution in [2.45, 2.75) is 39.2 Å². The van der Waals surface area contributed by atoms with Crippen LogP contribution in [0.2, 0.25) is 0 Å². The second kappa shape index (κ2) is 7.99. The first-order chi connectivity index (χ1) is 10.2. The van der Waals surface area contributed by atoms with Gasteiger partial charge in [-0.3, -0.25) is 0 Å². The molecule has 0 bridgehead atoms. The largest absolute Gasteiger partial charge is 0.313 e. The van der Waals surface area contributed by atoms with Crippen LogP contribution in [0, 0.1) is 5.92 Å². The van der Waals surface area contributed by atoms with E-state index in [2.05, 4.69) is 86.8 Å². The molecule has 0 amide bonds. The maximum Gasteiger partial charge on any atom is 0.0240 e. The number of nitrogens with one attached hydrogen (secondary N) is 1. The van der Waals surface area contributed by atoms with Crippen LogP contribution >= 0.6 is 0 Å². The minimum atomic E-state index is 0.402. The molecule has 0 aliphatic heterocycles. The standard InChI is InChI=1S/C20H27N/c1-16(2)14-15-21-17(3)20(18-10-6-4-7-11-18)19-12-8-5-9-13-19/h4-13,16-17,20-21H,14-15H2,1-3H3.